The minimum Gasteiger partial charge on any atom is -0.380 e. The summed E-state index contributed by atoms with van der Waals surface area (Å²) >= 11 is 0. The van der Waals surface area contributed by atoms with Crippen LogP contribution in [0.5, 0.6) is 0 Å². The Morgan fingerprint density at radius 2 is 1.94 bits per heavy atom. The van der Waals surface area contributed by atoms with Gasteiger partial charge in [0, 0.05) is 61.0 Å². The van der Waals surface area contributed by atoms with E-state index in [9.17, 15) is 14.9 Å². The summed E-state index contributed by atoms with van der Waals surface area (Å²) in [5, 5.41) is 16.6. The molecule has 2 aliphatic heterocycles. The molecule has 35 heavy (non-hydrogen) atoms. The number of hydrogen-bond donors (Lipinski definition) is 2. The summed E-state index contributed by atoms with van der Waals surface area (Å²) in [6.07, 6.45) is 7.51. The third kappa shape index (κ3) is 4.93. The highest BCUT2D eigenvalue weighted by Crippen LogP contribution is 2.28. The maximum atomic E-state index is 12.9. The lowest BCUT2D eigenvalue weighted by Crippen LogP contribution is -2.42. The van der Waals surface area contributed by atoms with Gasteiger partial charge >= 0.3 is 0 Å². The number of pyridine rings is 2. The summed E-state index contributed by atoms with van der Waals surface area (Å²) in [5.41, 5.74) is 2.72. The van der Waals surface area contributed by atoms with Gasteiger partial charge in [-0.1, -0.05) is 0 Å². The first-order chi connectivity index (χ1) is 17.1. The number of benzene rings is 1. The number of carbonyl (C=O) groups excluding carboxylic acids is 2. The van der Waals surface area contributed by atoms with E-state index in [0.29, 0.717) is 29.9 Å². The molecule has 9 heteroatoms. The number of anilines is 2. The van der Waals surface area contributed by atoms with Crippen LogP contribution in [0, 0.1) is 11.3 Å². The maximum Gasteiger partial charge on any atom is 0.257 e. The zero-order valence-corrected chi connectivity index (χ0v) is 19.4. The van der Waals surface area contributed by atoms with E-state index < -0.39 is 0 Å². The largest absolute Gasteiger partial charge is 0.380 e. The molecule has 4 heterocycles. The van der Waals surface area contributed by atoms with Crippen molar-refractivity contribution in [2.45, 2.75) is 31.3 Å². The second-order valence-electron chi connectivity index (χ2n) is 8.99. The minimum atomic E-state index is -0.285. The molecule has 2 fully saturated rings. The Morgan fingerprint density at radius 1 is 1.09 bits per heavy atom. The van der Waals surface area contributed by atoms with Crippen molar-refractivity contribution in [1.82, 2.24) is 19.8 Å². The van der Waals surface area contributed by atoms with E-state index >= 15 is 0 Å². The molecule has 1 aromatic carbocycles. The number of fused-ring (bicyclic) bond motifs is 1. The molecule has 178 valence electrons. The second-order valence-corrected chi connectivity index (χ2v) is 8.99. The molecule has 2 aromatic heterocycles. The van der Waals surface area contributed by atoms with Crippen LogP contribution in [0.4, 0.5) is 11.4 Å². The van der Waals surface area contributed by atoms with Crippen molar-refractivity contribution in [1.29, 1.82) is 5.26 Å². The van der Waals surface area contributed by atoms with E-state index in [-0.39, 0.29) is 23.9 Å². The number of hydrogen-bond acceptors (Lipinski definition) is 7. The van der Waals surface area contributed by atoms with Gasteiger partial charge in [0.1, 0.15) is 6.04 Å². The Hall–Kier alpha value is -4.03. The maximum absolute atomic E-state index is 12.9. The Morgan fingerprint density at radius 3 is 2.77 bits per heavy atom. The number of aromatic nitrogens is 2. The summed E-state index contributed by atoms with van der Waals surface area (Å²) in [6, 6.07) is 13.1. The van der Waals surface area contributed by atoms with E-state index in [1.165, 1.54) is 0 Å². The smallest absolute Gasteiger partial charge is 0.257 e. The van der Waals surface area contributed by atoms with Gasteiger partial charge in [-0.25, -0.2) is 0 Å². The molecule has 2 aliphatic rings. The van der Waals surface area contributed by atoms with E-state index in [0.717, 1.165) is 43.4 Å². The van der Waals surface area contributed by atoms with Gasteiger partial charge in [0.05, 0.1) is 23.7 Å². The average molecular weight is 470 g/mol. The fraction of sp³-hybridized carbons (Fsp3) is 0.346. The van der Waals surface area contributed by atoms with E-state index in [1.807, 2.05) is 18.2 Å². The molecule has 2 N–H and O–H groups in total. The zero-order valence-electron chi connectivity index (χ0n) is 19.4. The van der Waals surface area contributed by atoms with Crippen LogP contribution in [0.1, 0.15) is 29.6 Å². The number of amides is 2. The van der Waals surface area contributed by atoms with Gasteiger partial charge in [-0.2, -0.15) is 5.26 Å². The highest BCUT2D eigenvalue weighted by atomic mass is 16.2. The molecule has 0 spiro atoms. The quantitative estimate of drug-likeness (QED) is 0.571. The topological polar surface area (TPSA) is 114 Å². The number of nitrogens with zero attached hydrogens (tertiary/aromatic N) is 5. The van der Waals surface area contributed by atoms with Crippen molar-refractivity contribution < 1.29 is 9.59 Å². The Balaban J connectivity index is 1.26. The van der Waals surface area contributed by atoms with Crippen molar-refractivity contribution in [3.05, 3.63) is 60.6 Å². The molecule has 2 atom stereocenters. The van der Waals surface area contributed by atoms with E-state index in [2.05, 4.69) is 31.6 Å². The zero-order chi connectivity index (χ0) is 24.2. The van der Waals surface area contributed by atoms with Crippen LogP contribution in [0.25, 0.3) is 10.9 Å². The number of rotatable bonds is 6. The Kier molecular flexibility index (Phi) is 6.55. The monoisotopic (exact) mass is 469 g/mol. The van der Waals surface area contributed by atoms with Crippen molar-refractivity contribution >= 4 is 34.1 Å². The van der Waals surface area contributed by atoms with Crippen LogP contribution in [-0.2, 0) is 4.79 Å². The third-order valence-electron chi connectivity index (χ3n) is 6.67. The molecule has 2 amide bonds. The molecule has 9 nitrogen and oxygen atoms in total. The number of likely N-dealkylation sites (tertiary alicyclic amines) is 2. The van der Waals surface area contributed by atoms with Crippen LogP contribution in [-0.4, -0.2) is 69.8 Å². The SMILES string of the molecule is N#C[C@@H]1CCCN1C(=O)CN1CC[C@H](Nc2ccc(C(=O)Nc3ccncc3)c3ncccc23)C1. The number of nitriles is 1. The molecule has 0 bridgehead atoms. The minimum absolute atomic E-state index is 0.0360. The van der Waals surface area contributed by atoms with Gasteiger partial charge in [0.2, 0.25) is 5.91 Å². The summed E-state index contributed by atoms with van der Waals surface area (Å²) in [5.74, 6) is -0.191. The highest BCUT2D eigenvalue weighted by Gasteiger charge is 2.31. The summed E-state index contributed by atoms with van der Waals surface area (Å²) in [4.78, 5) is 38.0. The van der Waals surface area contributed by atoms with Crippen molar-refractivity contribution in [2.24, 2.45) is 0 Å². The Labute approximate surface area is 203 Å². The predicted octanol–water partition coefficient (Wildman–Crippen LogP) is 2.88. The first-order valence-electron chi connectivity index (χ1n) is 11.9. The van der Waals surface area contributed by atoms with Gasteiger partial charge in [-0.05, 0) is 55.7 Å². The van der Waals surface area contributed by atoms with Crippen molar-refractivity contribution in [2.75, 3.05) is 36.8 Å². The lowest BCUT2D eigenvalue weighted by molar-refractivity contribution is -0.132. The van der Waals surface area contributed by atoms with Gasteiger partial charge in [0.15, 0.2) is 0 Å². The first-order valence-corrected chi connectivity index (χ1v) is 11.9. The average Bonchev–Trinajstić information content (AvgIpc) is 3.54. The fourth-order valence-electron chi connectivity index (χ4n) is 4.91. The first kappa shape index (κ1) is 22.7. The Bertz CT molecular complexity index is 1270. The summed E-state index contributed by atoms with van der Waals surface area (Å²) < 4.78 is 0. The number of nitrogens with one attached hydrogen (secondary N) is 2. The fourth-order valence-corrected chi connectivity index (χ4v) is 4.91. The lowest BCUT2D eigenvalue weighted by atomic mass is 10.1. The molecule has 0 unspecified atom stereocenters. The molecule has 0 aliphatic carbocycles. The van der Waals surface area contributed by atoms with Crippen LogP contribution in [0.3, 0.4) is 0 Å². The molecule has 0 radical (unpaired) electrons. The van der Waals surface area contributed by atoms with Gasteiger partial charge in [0.25, 0.3) is 5.91 Å². The van der Waals surface area contributed by atoms with E-state index in [1.54, 1.807) is 41.7 Å². The summed E-state index contributed by atoms with van der Waals surface area (Å²) in [6.45, 7) is 2.57. The second kappa shape index (κ2) is 10.1. The molecule has 0 saturated carbocycles. The van der Waals surface area contributed by atoms with Crippen molar-refractivity contribution in [3.63, 3.8) is 0 Å². The van der Waals surface area contributed by atoms with Crippen LogP contribution in [0.15, 0.2) is 55.0 Å². The normalized spacial score (nSPS) is 20.0. The molecular weight excluding hydrogens is 442 g/mol. The van der Waals surface area contributed by atoms with Gasteiger partial charge in [-0.15, -0.1) is 0 Å². The van der Waals surface area contributed by atoms with E-state index in [4.69, 9.17) is 0 Å². The molecule has 3 aromatic rings. The van der Waals surface area contributed by atoms with Crippen LogP contribution in [0.2, 0.25) is 0 Å². The van der Waals surface area contributed by atoms with Crippen molar-refractivity contribution in [3.8, 4) is 6.07 Å². The summed E-state index contributed by atoms with van der Waals surface area (Å²) in [7, 11) is 0. The predicted molar refractivity (Wildman–Crippen MR) is 133 cm³/mol. The van der Waals surface area contributed by atoms with Gasteiger partial charge < -0.3 is 15.5 Å². The molecule has 5 rings (SSSR count). The highest BCUT2D eigenvalue weighted by molar-refractivity contribution is 6.13. The third-order valence-corrected chi connectivity index (χ3v) is 6.67. The molecular formula is C26H27N7O2. The van der Waals surface area contributed by atoms with Gasteiger partial charge in [-0.3, -0.25) is 24.5 Å². The molecule has 2 saturated heterocycles. The lowest BCUT2D eigenvalue weighted by Gasteiger charge is -2.23. The number of carbonyl (C=O) groups is 2. The van der Waals surface area contributed by atoms with Crippen LogP contribution >= 0.6 is 0 Å². The van der Waals surface area contributed by atoms with Crippen LogP contribution < -0.4 is 10.6 Å². The standard InChI is InChI=1S/C26H27N7O2/c27-15-20-3-2-13-33(20)24(34)17-32-14-9-19(16-32)30-23-6-5-22(25-21(23)4-1-10-29-25)26(35)31-18-7-11-28-12-8-18/h1,4-8,10-12,19-20,30H,2-3,9,13-14,16-17H2,(H,28,31,35)/t19-,20-/m0/s1.